The second-order valence-electron chi connectivity index (χ2n) is 8.67. The molecule has 0 saturated carbocycles. The lowest BCUT2D eigenvalue weighted by Gasteiger charge is -2.36. The van der Waals surface area contributed by atoms with E-state index in [0.717, 1.165) is 56.6 Å². The monoisotopic (exact) mass is 490 g/mol. The van der Waals surface area contributed by atoms with E-state index in [1.807, 2.05) is 0 Å². The topological polar surface area (TPSA) is 87.0 Å². The predicted octanol–water partition coefficient (Wildman–Crippen LogP) is 4.20. The van der Waals surface area contributed by atoms with Crippen molar-refractivity contribution in [1.29, 1.82) is 0 Å². The average Bonchev–Trinajstić information content (AvgIpc) is 2.87. The smallest absolute Gasteiger partial charge is 0.371 e. The lowest BCUT2D eigenvalue weighted by atomic mass is 10.0. The molecule has 0 bridgehead atoms. The molecule has 35 heavy (non-hydrogen) atoms. The quantitative estimate of drug-likeness (QED) is 0.474. The number of carbonyl (C=O) groups is 2. The summed E-state index contributed by atoms with van der Waals surface area (Å²) in [6, 6.07) is 8.39. The number of benzene rings is 2. The molecule has 0 atom stereocenters. The van der Waals surface area contributed by atoms with Gasteiger partial charge in [0.05, 0.1) is 21.7 Å². The van der Waals surface area contributed by atoms with Crippen LogP contribution in [-0.4, -0.2) is 65.8 Å². The van der Waals surface area contributed by atoms with E-state index in [-0.39, 0.29) is 48.9 Å². The first kappa shape index (κ1) is 24.5. The maximum atomic E-state index is 13.4. The molecule has 0 aromatic heterocycles. The van der Waals surface area contributed by atoms with E-state index in [2.05, 4.69) is 4.90 Å². The standard InChI is InChI=1S/C24H25F3N4O4/c25-24(26,27)18-6-4-17(5-7-18)22(32)29-12-14-30(15-13-29)23(33)20-16-19(31(34)35)8-9-21(20)28-10-2-1-3-11-28/h4-9,16H,1-3,10-15H2. The van der Waals surface area contributed by atoms with Crippen LogP contribution in [0.25, 0.3) is 0 Å². The number of alkyl halides is 3. The Labute approximate surface area is 200 Å². The Kier molecular flexibility index (Phi) is 6.95. The summed E-state index contributed by atoms with van der Waals surface area (Å²) >= 11 is 0. The van der Waals surface area contributed by atoms with Crippen LogP contribution in [0, 0.1) is 10.1 Å². The van der Waals surface area contributed by atoms with Crippen molar-refractivity contribution < 1.29 is 27.7 Å². The fraction of sp³-hybridized carbons (Fsp3) is 0.417. The predicted molar refractivity (Wildman–Crippen MR) is 122 cm³/mol. The van der Waals surface area contributed by atoms with Gasteiger partial charge in [-0.3, -0.25) is 19.7 Å². The van der Waals surface area contributed by atoms with Crippen molar-refractivity contribution in [3.05, 3.63) is 69.3 Å². The number of carbonyl (C=O) groups excluding carboxylic acids is 2. The number of amides is 2. The normalized spacial score (nSPS) is 16.8. The van der Waals surface area contributed by atoms with Crippen molar-refractivity contribution in [2.45, 2.75) is 25.4 Å². The molecule has 0 N–H and O–H groups in total. The average molecular weight is 490 g/mol. The minimum atomic E-state index is -4.48. The number of non-ortho nitro benzene ring substituents is 1. The van der Waals surface area contributed by atoms with E-state index >= 15 is 0 Å². The van der Waals surface area contributed by atoms with Gasteiger partial charge in [-0.1, -0.05) is 0 Å². The van der Waals surface area contributed by atoms with Gasteiger partial charge >= 0.3 is 6.18 Å². The molecule has 2 aliphatic heterocycles. The van der Waals surface area contributed by atoms with Crippen LogP contribution in [0.1, 0.15) is 45.5 Å². The number of hydrogen-bond donors (Lipinski definition) is 0. The van der Waals surface area contributed by atoms with E-state index in [4.69, 9.17) is 0 Å². The Bertz CT molecular complexity index is 1110. The van der Waals surface area contributed by atoms with Crippen molar-refractivity contribution in [3.63, 3.8) is 0 Å². The van der Waals surface area contributed by atoms with Gasteiger partial charge in [-0.25, -0.2) is 0 Å². The maximum Gasteiger partial charge on any atom is 0.416 e. The van der Waals surface area contributed by atoms with Gasteiger partial charge in [-0.2, -0.15) is 13.2 Å². The van der Waals surface area contributed by atoms with Gasteiger partial charge in [0.1, 0.15) is 0 Å². The Morgan fingerprint density at radius 3 is 1.91 bits per heavy atom. The molecule has 2 aromatic rings. The lowest BCUT2D eigenvalue weighted by molar-refractivity contribution is -0.384. The van der Waals surface area contributed by atoms with Gasteiger partial charge in [-0.05, 0) is 49.6 Å². The highest BCUT2D eigenvalue weighted by Crippen LogP contribution is 2.31. The highest BCUT2D eigenvalue weighted by molar-refractivity contribution is 6.01. The molecule has 4 rings (SSSR count). The molecule has 2 aliphatic rings. The number of piperazine rings is 1. The number of nitro groups is 1. The molecule has 11 heteroatoms. The molecular formula is C24H25F3N4O4. The van der Waals surface area contributed by atoms with Crippen LogP contribution in [0.2, 0.25) is 0 Å². The number of nitrogens with zero attached hydrogens (tertiary/aromatic N) is 4. The number of anilines is 1. The summed E-state index contributed by atoms with van der Waals surface area (Å²) in [6.07, 6.45) is -1.42. The van der Waals surface area contributed by atoms with Crippen LogP contribution < -0.4 is 4.90 Å². The van der Waals surface area contributed by atoms with Gasteiger partial charge in [0.15, 0.2) is 0 Å². The summed E-state index contributed by atoms with van der Waals surface area (Å²) in [5, 5.41) is 11.3. The largest absolute Gasteiger partial charge is 0.416 e. The molecule has 0 spiro atoms. The third-order valence-corrected chi connectivity index (χ3v) is 6.43. The summed E-state index contributed by atoms with van der Waals surface area (Å²) in [7, 11) is 0. The fourth-order valence-electron chi connectivity index (χ4n) is 4.49. The van der Waals surface area contributed by atoms with Crippen molar-refractivity contribution in [3.8, 4) is 0 Å². The highest BCUT2D eigenvalue weighted by atomic mass is 19.4. The Hall–Kier alpha value is -3.63. The summed E-state index contributed by atoms with van der Waals surface area (Å²) in [6.45, 7) is 2.39. The van der Waals surface area contributed by atoms with Crippen LogP contribution in [-0.2, 0) is 6.18 Å². The second-order valence-corrected chi connectivity index (χ2v) is 8.67. The number of rotatable bonds is 4. The van der Waals surface area contributed by atoms with Gasteiger partial charge in [-0.15, -0.1) is 0 Å². The molecule has 0 radical (unpaired) electrons. The van der Waals surface area contributed by atoms with Gasteiger partial charge in [0, 0.05) is 57.0 Å². The number of nitro benzene ring substituents is 1. The number of hydrogen-bond acceptors (Lipinski definition) is 5. The minimum Gasteiger partial charge on any atom is -0.371 e. The summed E-state index contributed by atoms with van der Waals surface area (Å²) in [4.78, 5) is 42.1. The molecule has 186 valence electrons. The van der Waals surface area contributed by atoms with Crippen molar-refractivity contribution >= 4 is 23.2 Å². The van der Waals surface area contributed by atoms with Crippen molar-refractivity contribution in [2.24, 2.45) is 0 Å². The Morgan fingerprint density at radius 1 is 0.800 bits per heavy atom. The van der Waals surface area contributed by atoms with Gasteiger partial charge in [0.25, 0.3) is 17.5 Å². The van der Waals surface area contributed by atoms with E-state index < -0.39 is 22.6 Å². The van der Waals surface area contributed by atoms with Gasteiger partial charge in [0.2, 0.25) is 0 Å². The third-order valence-electron chi connectivity index (χ3n) is 6.43. The van der Waals surface area contributed by atoms with Crippen LogP contribution in [0.3, 0.4) is 0 Å². The Morgan fingerprint density at radius 2 is 1.37 bits per heavy atom. The van der Waals surface area contributed by atoms with Crippen molar-refractivity contribution in [2.75, 3.05) is 44.2 Å². The van der Waals surface area contributed by atoms with Crippen LogP contribution >= 0.6 is 0 Å². The summed E-state index contributed by atoms with van der Waals surface area (Å²) in [5.74, 6) is -0.744. The summed E-state index contributed by atoms with van der Waals surface area (Å²) < 4.78 is 38.3. The number of halogens is 3. The first-order valence-electron chi connectivity index (χ1n) is 11.4. The zero-order valence-corrected chi connectivity index (χ0v) is 19.0. The molecule has 2 heterocycles. The van der Waals surface area contributed by atoms with E-state index in [9.17, 15) is 32.9 Å². The van der Waals surface area contributed by atoms with E-state index in [1.165, 1.54) is 17.0 Å². The van der Waals surface area contributed by atoms with E-state index in [0.29, 0.717) is 5.69 Å². The molecule has 2 amide bonds. The zero-order chi connectivity index (χ0) is 25.2. The lowest BCUT2D eigenvalue weighted by Crippen LogP contribution is -2.50. The second kappa shape index (κ2) is 9.93. The highest BCUT2D eigenvalue weighted by Gasteiger charge is 2.32. The minimum absolute atomic E-state index is 0.142. The SMILES string of the molecule is O=C(c1ccc(C(F)(F)F)cc1)N1CCN(C(=O)c2cc([N+](=O)[O-])ccc2N2CCCCC2)CC1. The number of piperidine rings is 1. The summed E-state index contributed by atoms with van der Waals surface area (Å²) in [5.41, 5.74) is 0.0900. The van der Waals surface area contributed by atoms with Gasteiger partial charge < -0.3 is 14.7 Å². The Balaban J connectivity index is 1.46. The van der Waals surface area contributed by atoms with E-state index in [1.54, 1.807) is 11.0 Å². The van der Waals surface area contributed by atoms with Crippen LogP contribution in [0.15, 0.2) is 42.5 Å². The van der Waals surface area contributed by atoms with Crippen molar-refractivity contribution in [1.82, 2.24) is 9.80 Å². The van der Waals surface area contributed by atoms with Crippen LogP contribution in [0.5, 0.6) is 0 Å². The third kappa shape index (κ3) is 5.39. The molecular weight excluding hydrogens is 465 g/mol. The first-order chi connectivity index (χ1) is 16.6. The first-order valence-corrected chi connectivity index (χ1v) is 11.4. The molecule has 2 fully saturated rings. The maximum absolute atomic E-state index is 13.4. The molecule has 0 unspecified atom stereocenters. The molecule has 8 nitrogen and oxygen atoms in total. The van der Waals surface area contributed by atoms with Crippen LogP contribution in [0.4, 0.5) is 24.5 Å². The molecule has 2 aromatic carbocycles. The molecule has 0 aliphatic carbocycles. The molecule has 2 saturated heterocycles. The zero-order valence-electron chi connectivity index (χ0n) is 19.0. The fourth-order valence-corrected chi connectivity index (χ4v) is 4.49.